The van der Waals surface area contributed by atoms with Crippen molar-refractivity contribution in [2.24, 2.45) is 5.11 Å². The fourth-order valence-corrected chi connectivity index (χ4v) is 1.40. The Morgan fingerprint density at radius 3 is 2.89 bits per heavy atom. The number of carbonyl (C=O) groups excluding carboxylic acids is 1. The topological polar surface area (TPSA) is 118 Å². The van der Waals surface area contributed by atoms with E-state index >= 15 is 0 Å². The van der Waals surface area contributed by atoms with E-state index < -0.39 is 12.2 Å². The van der Waals surface area contributed by atoms with Crippen molar-refractivity contribution in [3.8, 4) is 0 Å². The third kappa shape index (κ3) is 4.06. The highest BCUT2D eigenvalue weighted by Gasteiger charge is 2.18. The maximum absolute atomic E-state index is 10.7. The number of azide groups is 1. The molecular weight excluding hydrogens is 236 g/mol. The lowest BCUT2D eigenvalue weighted by atomic mass is 10.0. The Bertz CT molecular complexity index is 471. The molecule has 0 saturated heterocycles. The number of aliphatic hydroxyl groups is 2. The van der Waals surface area contributed by atoms with Crippen LogP contribution in [0.3, 0.4) is 0 Å². The lowest BCUT2D eigenvalue weighted by molar-refractivity contribution is -0.119. The Morgan fingerprint density at radius 2 is 2.28 bits per heavy atom. The summed E-state index contributed by atoms with van der Waals surface area (Å²) in [6.07, 6.45) is -2.29. The summed E-state index contributed by atoms with van der Waals surface area (Å²) in [6.45, 7) is 1.27. The van der Waals surface area contributed by atoms with E-state index in [4.69, 9.17) is 5.53 Å². The largest absolute Gasteiger partial charge is 0.388 e. The van der Waals surface area contributed by atoms with Gasteiger partial charge in [-0.25, -0.2) is 0 Å². The predicted octanol–water partition coefficient (Wildman–Crippen LogP) is 1.16. The average Bonchev–Trinajstić information content (AvgIpc) is 2.35. The minimum absolute atomic E-state index is 0.0533. The summed E-state index contributed by atoms with van der Waals surface area (Å²) in [5.41, 5.74) is 9.07. The molecule has 1 aromatic carbocycles. The number of carbonyl (C=O) groups is 1. The molecule has 0 saturated carbocycles. The number of amides is 1. The summed E-state index contributed by atoms with van der Waals surface area (Å²) in [5.74, 6) is -0.288. The van der Waals surface area contributed by atoms with E-state index in [1.54, 1.807) is 18.2 Å². The molecule has 0 heterocycles. The van der Waals surface area contributed by atoms with Gasteiger partial charge in [-0.05, 0) is 17.2 Å². The standard InChI is InChI=1S/C11H14N4O3/c1-7(16)13-6-10(17)11(18)8-3-2-4-9(5-8)14-15-12/h2-5,10-11,17-18H,6H2,1H3,(H,13,16). The van der Waals surface area contributed by atoms with Gasteiger partial charge in [0.1, 0.15) is 12.2 Å². The molecule has 96 valence electrons. The molecule has 0 aliphatic carbocycles. The van der Waals surface area contributed by atoms with E-state index in [1.807, 2.05) is 0 Å². The Morgan fingerprint density at radius 1 is 1.56 bits per heavy atom. The Hall–Kier alpha value is -2.08. The highest BCUT2D eigenvalue weighted by molar-refractivity contribution is 5.72. The number of rotatable bonds is 5. The molecule has 1 aromatic rings. The van der Waals surface area contributed by atoms with E-state index in [9.17, 15) is 15.0 Å². The lowest BCUT2D eigenvalue weighted by Crippen LogP contribution is -2.34. The van der Waals surface area contributed by atoms with Crippen LogP contribution in [0.4, 0.5) is 5.69 Å². The van der Waals surface area contributed by atoms with E-state index in [1.165, 1.54) is 13.0 Å². The second-order valence-electron chi connectivity index (χ2n) is 3.73. The molecule has 0 spiro atoms. The number of nitrogens with one attached hydrogen (secondary N) is 1. The normalized spacial score (nSPS) is 13.3. The van der Waals surface area contributed by atoms with Gasteiger partial charge < -0.3 is 15.5 Å². The fourth-order valence-electron chi connectivity index (χ4n) is 1.40. The van der Waals surface area contributed by atoms with Gasteiger partial charge in [0.05, 0.1) is 0 Å². The van der Waals surface area contributed by atoms with Gasteiger partial charge in [0, 0.05) is 24.1 Å². The van der Waals surface area contributed by atoms with Crippen LogP contribution in [-0.2, 0) is 4.79 Å². The monoisotopic (exact) mass is 250 g/mol. The summed E-state index contributed by atoms with van der Waals surface area (Å²) in [7, 11) is 0. The van der Waals surface area contributed by atoms with Gasteiger partial charge in [0.25, 0.3) is 0 Å². The van der Waals surface area contributed by atoms with Crippen LogP contribution in [0.5, 0.6) is 0 Å². The van der Waals surface area contributed by atoms with Crippen LogP contribution in [-0.4, -0.2) is 28.8 Å². The molecule has 18 heavy (non-hydrogen) atoms. The van der Waals surface area contributed by atoms with E-state index in [-0.39, 0.29) is 12.5 Å². The molecule has 0 bridgehead atoms. The predicted molar refractivity (Wildman–Crippen MR) is 64.9 cm³/mol. The lowest BCUT2D eigenvalue weighted by Gasteiger charge is -2.18. The maximum atomic E-state index is 10.7. The zero-order valence-corrected chi connectivity index (χ0v) is 9.82. The number of aliphatic hydroxyl groups excluding tert-OH is 2. The maximum Gasteiger partial charge on any atom is 0.216 e. The van der Waals surface area contributed by atoms with Crippen LogP contribution in [0.25, 0.3) is 10.4 Å². The summed E-state index contributed by atoms with van der Waals surface area (Å²) in [6, 6.07) is 6.25. The van der Waals surface area contributed by atoms with Crippen molar-refractivity contribution in [2.75, 3.05) is 6.54 Å². The SMILES string of the molecule is CC(=O)NCC(O)C(O)c1cccc(N=[N+]=[N-])c1. The smallest absolute Gasteiger partial charge is 0.216 e. The van der Waals surface area contributed by atoms with Crippen molar-refractivity contribution in [3.05, 3.63) is 40.3 Å². The first-order valence-corrected chi connectivity index (χ1v) is 5.30. The molecule has 7 nitrogen and oxygen atoms in total. The summed E-state index contributed by atoms with van der Waals surface area (Å²) in [4.78, 5) is 13.3. The number of hydrogen-bond acceptors (Lipinski definition) is 4. The number of benzene rings is 1. The molecule has 0 aliphatic rings. The molecule has 2 atom stereocenters. The Labute approximate surface area is 104 Å². The summed E-state index contributed by atoms with van der Waals surface area (Å²) in [5, 5.41) is 25.3. The second kappa shape index (κ2) is 6.61. The summed E-state index contributed by atoms with van der Waals surface area (Å²) >= 11 is 0. The van der Waals surface area contributed by atoms with Gasteiger partial charge in [-0.2, -0.15) is 0 Å². The molecule has 0 aliphatic heterocycles. The minimum Gasteiger partial charge on any atom is -0.388 e. The summed E-state index contributed by atoms with van der Waals surface area (Å²) < 4.78 is 0. The molecule has 0 radical (unpaired) electrons. The second-order valence-corrected chi connectivity index (χ2v) is 3.73. The average molecular weight is 250 g/mol. The van der Waals surface area contributed by atoms with Gasteiger partial charge in [0.2, 0.25) is 5.91 Å². The van der Waals surface area contributed by atoms with Crippen molar-refractivity contribution in [1.29, 1.82) is 0 Å². The number of hydrogen-bond donors (Lipinski definition) is 3. The molecular formula is C11H14N4O3. The number of nitrogens with zero attached hydrogens (tertiary/aromatic N) is 3. The fraction of sp³-hybridized carbons (Fsp3) is 0.364. The van der Waals surface area contributed by atoms with Gasteiger partial charge in [0.15, 0.2) is 0 Å². The van der Waals surface area contributed by atoms with E-state index in [0.717, 1.165) is 0 Å². The molecule has 3 N–H and O–H groups in total. The first-order chi connectivity index (χ1) is 8.54. The Balaban J connectivity index is 2.76. The van der Waals surface area contributed by atoms with Crippen LogP contribution in [0.2, 0.25) is 0 Å². The first kappa shape index (κ1) is 14.0. The molecule has 0 fully saturated rings. The van der Waals surface area contributed by atoms with E-state index in [0.29, 0.717) is 11.3 Å². The van der Waals surface area contributed by atoms with Crippen molar-refractivity contribution in [1.82, 2.24) is 5.32 Å². The highest BCUT2D eigenvalue weighted by Crippen LogP contribution is 2.22. The first-order valence-electron chi connectivity index (χ1n) is 5.30. The van der Waals surface area contributed by atoms with Crippen molar-refractivity contribution in [2.45, 2.75) is 19.1 Å². The van der Waals surface area contributed by atoms with Crippen LogP contribution >= 0.6 is 0 Å². The third-order valence-corrected chi connectivity index (χ3v) is 2.30. The van der Waals surface area contributed by atoms with Gasteiger partial charge in [-0.1, -0.05) is 23.3 Å². The molecule has 1 amide bonds. The zero-order chi connectivity index (χ0) is 13.5. The highest BCUT2D eigenvalue weighted by atomic mass is 16.3. The Kier molecular flexibility index (Phi) is 5.13. The van der Waals surface area contributed by atoms with Crippen molar-refractivity contribution < 1.29 is 15.0 Å². The third-order valence-electron chi connectivity index (χ3n) is 2.30. The van der Waals surface area contributed by atoms with E-state index in [2.05, 4.69) is 15.3 Å². The van der Waals surface area contributed by atoms with Crippen molar-refractivity contribution in [3.63, 3.8) is 0 Å². The molecule has 2 unspecified atom stereocenters. The van der Waals surface area contributed by atoms with Crippen LogP contribution in [0.1, 0.15) is 18.6 Å². The zero-order valence-electron chi connectivity index (χ0n) is 9.82. The van der Waals surface area contributed by atoms with Gasteiger partial charge in [-0.15, -0.1) is 0 Å². The van der Waals surface area contributed by atoms with Crippen LogP contribution in [0, 0.1) is 0 Å². The van der Waals surface area contributed by atoms with Gasteiger partial charge in [-0.3, -0.25) is 4.79 Å². The quantitative estimate of drug-likeness (QED) is 0.413. The van der Waals surface area contributed by atoms with Gasteiger partial charge >= 0.3 is 0 Å². The minimum atomic E-state index is -1.16. The molecule has 0 aromatic heterocycles. The van der Waals surface area contributed by atoms with Crippen LogP contribution in [0.15, 0.2) is 29.4 Å². The molecule has 1 rings (SSSR count). The van der Waals surface area contributed by atoms with Crippen molar-refractivity contribution >= 4 is 11.6 Å². The molecule has 7 heteroatoms. The van der Waals surface area contributed by atoms with Crippen LogP contribution < -0.4 is 5.32 Å².